The first-order chi connectivity index (χ1) is 14.6. The van der Waals surface area contributed by atoms with Gasteiger partial charge in [-0.25, -0.2) is 0 Å². The van der Waals surface area contributed by atoms with Crippen LogP contribution >= 0.6 is 0 Å². The second-order valence-electron chi connectivity index (χ2n) is 7.74. The van der Waals surface area contributed by atoms with Crippen molar-refractivity contribution in [2.75, 3.05) is 18.4 Å². The highest BCUT2D eigenvalue weighted by Crippen LogP contribution is 2.29. The molecular formula is C26H26N2O2. The van der Waals surface area contributed by atoms with Gasteiger partial charge in [0.1, 0.15) is 0 Å². The molecule has 1 heterocycles. The summed E-state index contributed by atoms with van der Waals surface area (Å²) in [6.45, 7) is 3.48. The molecule has 0 atom stereocenters. The predicted molar refractivity (Wildman–Crippen MR) is 120 cm³/mol. The van der Waals surface area contributed by atoms with Crippen LogP contribution in [0.3, 0.4) is 0 Å². The molecule has 0 aromatic heterocycles. The highest BCUT2D eigenvalue weighted by molar-refractivity contribution is 6.06. The van der Waals surface area contributed by atoms with Gasteiger partial charge in [0.25, 0.3) is 5.91 Å². The highest BCUT2D eigenvalue weighted by Gasteiger charge is 2.27. The zero-order valence-electron chi connectivity index (χ0n) is 17.2. The number of aryl methyl sites for hydroxylation is 1. The summed E-state index contributed by atoms with van der Waals surface area (Å²) in [5.74, 6) is -0.610. The average molecular weight is 399 g/mol. The second kappa shape index (κ2) is 8.95. The summed E-state index contributed by atoms with van der Waals surface area (Å²) >= 11 is 0. The molecule has 0 aliphatic carbocycles. The third kappa shape index (κ3) is 4.13. The Balaban J connectivity index is 1.69. The van der Waals surface area contributed by atoms with Gasteiger partial charge >= 0.3 is 0 Å². The molecule has 0 saturated carbocycles. The third-order valence-corrected chi connectivity index (χ3v) is 5.67. The van der Waals surface area contributed by atoms with Crippen molar-refractivity contribution in [1.29, 1.82) is 0 Å². The number of likely N-dealkylation sites (tertiary alicyclic amines) is 1. The maximum absolute atomic E-state index is 13.5. The fraction of sp³-hybridized carbons (Fsp3) is 0.231. The third-order valence-electron chi connectivity index (χ3n) is 5.67. The molecule has 30 heavy (non-hydrogen) atoms. The molecule has 1 aliphatic rings. The molecule has 4 rings (SSSR count). The van der Waals surface area contributed by atoms with Gasteiger partial charge in [0.2, 0.25) is 5.91 Å². The Kier molecular flexibility index (Phi) is 5.94. The van der Waals surface area contributed by atoms with Crippen LogP contribution in [0, 0.1) is 6.92 Å². The molecule has 1 N–H and O–H groups in total. The van der Waals surface area contributed by atoms with Crippen molar-refractivity contribution >= 4 is 17.5 Å². The van der Waals surface area contributed by atoms with Gasteiger partial charge in [0, 0.05) is 13.1 Å². The molecule has 4 heteroatoms. The summed E-state index contributed by atoms with van der Waals surface area (Å²) < 4.78 is 0. The summed E-state index contributed by atoms with van der Waals surface area (Å²) in [6.07, 6.45) is 2.06. The number of nitrogens with zero attached hydrogens (tertiary/aromatic N) is 1. The molecule has 3 aromatic rings. The van der Waals surface area contributed by atoms with E-state index in [1.54, 1.807) is 0 Å². The predicted octanol–water partition coefficient (Wildman–Crippen LogP) is 5.00. The number of rotatable bonds is 5. The van der Waals surface area contributed by atoms with E-state index in [2.05, 4.69) is 5.32 Å². The molecular weight excluding hydrogens is 372 g/mol. The van der Waals surface area contributed by atoms with Gasteiger partial charge in [-0.05, 0) is 42.5 Å². The van der Waals surface area contributed by atoms with E-state index in [1.165, 1.54) is 0 Å². The van der Waals surface area contributed by atoms with Crippen LogP contribution in [0.4, 0.5) is 5.69 Å². The number of para-hydroxylation sites is 1. The van der Waals surface area contributed by atoms with E-state index in [0.29, 0.717) is 11.3 Å². The van der Waals surface area contributed by atoms with E-state index < -0.39 is 5.92 Å². The van der Waals surface area contributed by atoms with Gasteiger partial charge in [-0.2, -0.15) is 0 Å². The van der Waals surface area contributed by atoms with E-state index in [4.69, 9.17) is 0 Å². The SMILES string of the molecule is Cc1cccc(C(=O)N2CCCC2)c1NC(=O)C(c1ccccc1)c1ccccc1. The standard InChI is InChI=1S/C26H26N2O2/c1-19-11-10-16-22(26(30)28-17-8-9-18-28)24(19)27-25(29)23(20-12-4-2-5-13-20)21-14-6-3-7-15-21/h2-7,10-16,23H,8-9,17-18H2,1H3,(H,27,29). The molecule has 0 unspecified atom stereocenters. The molecule has 1 aliphatic heterocycles. The molecule has 1 saturated heterocycles. The number of anilines is 1. The molecule has 0 radical (unpaired) electrons. The van der Waals surface area contributed by atoms with Gasteiger partial charge in [-0.15, -0.1) is 0 Å². The summed E-state index contributed by atoms with van der Waals surface area (Å²) in [6, 6.07) is 25.1. The first-order valence-electron chi connectivity index (χ1n) is 10.4. The normalized spacial score (nSPS) is 13.5. The van der Waals surface area contributed by atoms with Crippen LogP contribution in [0.5, 0.6) is 0 Å². The number of nitrogens with one attached hydrogen (secondary N) is 1. The summed E-state index contributed by atoms with van der Waals surface area (Å²) in [5.41, 5.74) is 3.89. The first kappa shape index (κ1) is 19.9. The minimum absolute atomic E-state index is 0.0116. The second-order valence-corrected chi connectivity index (χ2v) is 7.74. The lowest BCUT2D eigenvalue weighted by Crippen LogP contribution is -2.30. The number of carbonyl (C=O) groups excluding carboxylic acids is 2. The number of benzene rings is 3. The van der Waals surface area contributed by atoms with Crippen molar-refractivity contribution in [2.24, 2.45) is 0 Å². The van der Waals surface area contributed by atoms with Gasteiger partial charge in [-0.3, -0.25) is 9.59 Å². The van der Waals surface area contributed by atoms with Gasteiger partial charge in [0.05, 0.1) is 17.2 Å². The Morgan fingerprint density at radius 3 is 1.93 bits per heavy atom. The number of amides is 2. The number of hydrogen-bond acceptors (Lipinski definition) is 2. The molecule has 4 nitrogen and oxygen atoms in total. The van der Waals surface area contributed by atoms with Crippen LogP contribution in [0.2, 0.25) is 0 Å². The number of hydrogen-bond donors (Lipinski definition) is 1. The van der Waals surface area contributed by atoms with Gasteiger partial charge in [-0.1, -0.05) is 72.8 Å². The fourth-order valence-corrected chi connectivity index (χ4v) is 4.08. The Bertz CT molecular complexity index is 986. The fourth-order valence-electron chi connectivity index (χ4n) is 4.08. The van der Waals surface area contributed by atoms with Crippen LogP contribution in [-0.2, 0) is 4.79 Å². The lowest BCUT2D eigenvalue weighted by atomic mass is 9.90. The zero-order chi connectivity index (χ0) is 20.9. The van der Waals surface area contributed by atoms with Gasteiger partial charge in [0.15, 0.2) is 0 Å². The number of carbonyl (C=O) groups is 2. The maximum atomic E-state index is 13.5. The topological polar surface area (TPSA) is 49.4 Å². The van der Waals surface area contributed by atoms with Crippen molar-refractivity contribution in [3.63, 3.8) is 0 Å². The summed E-state index contributed by atoms with van der Waals surface area (Å²) in [5, 5.41) is 3.09. The molecule has 0 bridgehead atoms. The molecule has 152 valence electrons. The van der Waals surface area contributed by atoms with Crippen molar-refractivity contribution < 1.29 is 9.59 Å². The quantitative estimate of drug-likeness (QED) is 0.657. The van der Waals surface area contributed by atoms with Crippen LogP contribution in [-0.4, -0.2) is 29.8 Å². The van der Waals surface area contributed by atoms with E-state index >= 15 is 0 Å². The summed E-state index contributed by atoms with van der Waals surface area (Å²) in [7, 11) is 0. The monoisotopic (exact) mass is 398 g/mol. The smallest absolute Gasteiger partial charge is 0.255 e. The Hall–Kier alpha value is -3.40. The largest absolute Gasteiger partial charge is 0.339 e. The van der Waals surface area contributed by atoms with E-state index in [1.807, 2.05) is 90.7 Å². The van der Waals surface area contributed by atoms with Crippen molar-refractivity contribution in [3.8, 4) is 0 Å². The molecule has 1 fully saturated rings. The lowest BCUT2D eigenvalue weighted by Gasteiger charge is -2.22. The minimum Gasteiger partial charge on any atom is -0.339 e. The minimum atomic E-state index is -0.457. The van der Waals surface area contributed by atoms with E-state index in [0.717, 1.165) is 42.6 Å². The van der Waals surface area contributed by atoms with Crippen LogP contribution in [0.25, 0.3) is 0 Å². The zero-order valence-corrected chi connectivity index (χ0v) is 17.2. The first-order valence-corrected chi connectivity index (χ1v) is 10.4. The molecule has 3 aromatic carbocycles. The molecule has 2 amide bonds. The van der Waals surface area contributed by atoms with E-state index in [-0.39, 0.29) is 11.8 Å². The molecule has 0 spiro atoms. The van der Waals surface area contributed by atoms with Crippen molar-refractivity contribution in [3.05, 3.63) is 101 Å². The Morgan fingerprint density at radius 1 is 0.800 bits per heavy atom. The maximum Gasteiger partial charge on any atom is 0.255 e. The highest BCUT2D eigenvalue weighted by atomic mass is 16.2. The van der Waals surface area contributed by atoms with Crippen LogP contribution in [0.15, 0.2) is 78.9 Å². The lowest BCUT2D eigenvalue weighted by molar-refractivity contribution is -0.116. The van der Waals surface area contributed by atoms with Crippen LogP contribution in [0.1, 0.15) is 45.8 Å². The Morgan fingerprint density at radius 2 is 1.37 bits per heavy atom. The average Bonchev–Trinajstić information content (AvgIpc) is 3.31. The Labute approximate surface area is 177 Å². The van der Waals surface area contributed by atoms with E-state index in [9.17, 15) is 9.59 Å². The summed E-state index contributed by atoms with van der Waals surface area (Å²) in [4.78, 5) is 28.5. The van der Waals surface area contributed by atoms with Crippen LogP contribution < -0.4 is 5.32 Å². The van der Waals surface area contributed by atoms with Crippen molar-refractivity contribution in [2.45, 2.75) is 25.7 Å². The van der Waals surface area contributed by atoms with Gasteiger partial charge < -0.3 is 10.2 Å². The van der Waals surface area contributed by atoms with Crippen molar-refractivity contribution in [1.82, 2.24) is 4.90 Å².